The number of rotatable bonds is 5. The van der Waals surface area contributed by atoms with Gasteiger partial charge in [-0.2, -0.15) is 0 Å². The molecule has 21 heavy (non-hydrogen) atoms. The lowest BCUT2D eigenvalue weighted by Crippen LogP contribution is -2.23. The summed E-state index contributed by atoms with van der Waals surface area (Å²) < 4.78 is 23.3. The first-order valence-electron chi connectivity index (χ1n) is 6.49. The van der Waals surface area contributed by atoms with Gasteiger partial charge in [-0.05, 0) is 25.1 Å². The fourth-order valence-corrected chi connectivity index (χ4v) is 3.05. The van der Waals surface area contributed by atoms with Crippen molar-refractivity contribution in [2.45, 2.75) is 11.3 Å². The molecule has 0 saturated carbocycles. The van der Waals surface area contributed by atoms with Crippen LogP contribution in [0.3, 0.4) is 0 Å². The zero-order chi connectivity index (χ0) is 15.5. The molecule has 0 fully saturated rings. The molecule has 1 aromatic rings. The van der Waals surface area contributed by atoms with Crippen molar-refractivity contribution in [2.24, 2.45) is 0 Å². The predicted octanol–water partition coefficient (Wildman–Crippen LogP) is 1.33. The summed E-state index contributed by atoms with van der Waals surface area (Å²) in [5.41, 5.74) is 0.977. The summed E-state index contributed by atoms with van der Waals surface area (Å²) in [5.74, 6) is 0. The van der Waals surface area contributed by atoms with Gasteiger partial charge in [0, 0.05) is 19.3 Å². The first-order valence-corrected chi connectivity index (χ1v) is 8.38. The fourth-order valence-electron chi connectivity index (χ4n) is 2.19. The minimum atomic E-state index is -3.65. The second-order valence-corrected chi connectivity index (χ2v) is 6.84. The molecule has 1 heterocycles. The van der Waals surface area contributed by atoms with E-state index in [1.54, 1.807) is 0 Å². The average Bonchev–Trinajstić information content (AvgIpc) is 2.44. The molecular formula is C13H17N3O4S. The Morgan fingerprint density at radius 1 is 1.43 bits per heavy atom. The second-order valence-electron chi connectivity index (χ2n) is 4.85. The summed E-state index contributed by atoms with van der Waals surface area (Å²) in [6, 6.07) is 4.28. The van der Waals surface area contributed by atoms with Crippen LogP contribution >= 0.6 is 0 Å². The Labute approximate surface area is 123 Å². The quantitative estimate of drug-likeness (QED) is 0.483. The van der Waals surface area contributed by atoms with E-state index in [0.717, 1.165) is 31.3 Å². The van der Waals surface area contributed by atoms with Crippen LogP contribution in [-0.4, -0.2) is 39.2 Å². The van der Waals surface area contributed by atoms with Crippen molar-refractivity contribution in [1.82, 2.24) is 5.32 Å². The van der Waals surface area contributed by atoms with Gasteiger partial charge in [-0.25, -0.2) is 8.42 Å². The molecule has 0 atom stereocenters. The monoisotopic (exact) mass is 311 g/mol. The number of nitro benzene ring substituents is 1. The van der Waals surface area contributed by atoms with Gasteiger partial charge in [-0.15, -0.1) is 0 Å². The van der Waals surface area contributed by atoms with Gasteiger partial charge in [0.1, 0.15) is 10.6 Å². The Morgan fingerprint density at radius 2 is 2.19 bits per heavy atom. The minimum absolute atomic E-state index is 0.224. The first kappa shape index (κ1) is 15.5. The van der Waals surface area contributed by atoms with Crippen LogP contribution in [0.5, 0.6) is 0 Å². The smallest absolute Gasteiger partial charge is 0.310 e. The molecule has 1 aromatic carbocycles. The lowest BCUT2D eigenvalue weighted by molar-refractivity contribution is -0.386. The highest BCUT2D eigenvalue weighted by Crippen LogP contribution is 2.32. The molecule has 114 valence electrons. The Kier molecular flexibility index (Phi) is 4.59. The highest BCUT2D eigenvalue weighted by atomic mass is 32.2. The van der Waals surface area contributed by atoms with E-state index in [-0.39, 0.29) is 10.6 Å². The highest BCUT2D eigenvalue weighted by molar-refractivity contribution is 7.90. The number of nitro groups is 1. The van der Waals surface area contributed by atoms with Crippen molar-refractivity contribution in [1.29, 1.82) is 0 Å². The molecule has 8 heteroatoms. The Morgan fingerprint density at radius 3 is 2.76 bits per heavy atom. The number of anilines is 1. The standard InChI is InChI=1S/C13H17N3O4S/c1-21(19,20)12-4-2-3-11(13(12)16(17)18)15-9-10-5-7-14-8-6-10/h2-5,14-15H,6-9H2,1H3. The van der Waals surface area contributed by atoms with Gasteiger partial charge in [-0.1, -0.05) is 17.7 Å². The molecule has 0 unspecified atom stereocenters. The van der Waals surface area contributed by atoms with Gasteiger partial charge in [0.05, 0.1) is 4.92 Å². The molecular weight excluding hydrogens is 294 g/mol. The van der Waals surface area contributed by atoms with Crippen molar-refractivity contribution in [3.8, 4) is 0 Å². The van der Waals surface area contributed by atoms with E-state index in [1.165, 1.54) is 18.2 Å². The van der Waals surface area contributed by atoms with E-state index in [1.807, 2.05) is 6.08 Å². The third-order valence-electron chi connectivity index (χ3n) is 3.24. The summed E-state index contributed by atoms with van der Waals surface area (Å²) in [4.78, 5) is 10.3. The topological polar surface area (TPSA) is 101 Å². The van der Waals surface area contributed by atoms with Crippen LogP contribution in [0.4, 0.5) is 11.4 Å². The molecule has 2 N–H and O–H groups in total. The Hall–Kier alpha value is -1.93. The highest BCUT2D eigenvalue weighted by Gasteiger charge is 2.26. The van der Waals surface area contributed by atoms with Crippen LogP contribution in [-0.2, 0) is 9.84 Å². The van der Waals surface area contributed by atoms with Crippen LogP contribution in [0.1, 0.15) is 6.42 Å². The molecule has 1 aliphatic heterocycles. The fraction of sp³-hybridized carbons (Fsp3) is 0.385. The predicted molar refractivity (Wildman–Crippen MR) is 80.3 cm³/mol. The second kappa shape index (κ2) is 6.23. The number of hydrogen-bond donors (Lipinski definition) is 2. The molecule has 0 radical (unpaired) electrons. The molecule has 0 spiro atoms. The summed E-state index contributed by atoms with van der Waals surface area (Å²) in [5, 5.41) is 17.4. The number of benzene rings is 1. The number of nitrogens with one attached hydrogen (secondary N) is 2. The van der Waals surface area contributed by atoms with Crippen LogP contribution in [0.25, 0.3) is 0 Å². The van der Waals surface area contributed by atoms with Crippen LogP contribution < -0.4 is 10.6 Å². The van der Waals surface area contributed by atoms with Crippen molar-refractivity contribution in [3.05, 3.63) is 40.0 Å². The molecule has 0 aromatic heterocycles. The molecule has 2 rings (SSSR count). The van der Waals surface area contributed by atoms with Crippen molar-refractivity contribution in [2.75, 3.05) is 31.2 Å². The van der Waals surface area contributed by atoms with E-state index < -0.39 is 20.4 Å². The van der Waals surface area contributed by atoms with Gasteiger partial charge in [0.15, 0.2) is 9.84 Å². The normalized spacial score (nSPS) is 15.4. The van der Waals surface area contributed by atoms with E-state index in [9.17, 15) is 18.5 Å². The summed E-state index contributed by atoms with van der Waals surface area (Å²) >= 11 is 0. The van der Waals surface area contributed by atoms with Gasteiger partial charge in [-0.3, -0.25) is 10.1 Å². The minimum Gasteiger partial charge on any atom is -0.376 e. The number of nitrogens with zero attached hydrogens (tertiary/aromatic N) is 1. The Bertz CT molecular complexity index is 683. The van der Waals surface area contributed by atoms with Crippen LogP contribution in [0.15, 0.2) is 34.7 Å². The number of para-hydroxylation sites is 1. The maximum absolute atomic E-state index is 11.7. The molecule has 0 bridgehead atoms. The maximum atomic E-state index is 11.7. The SMILES string of the molecule is CS(=O)(=O)c1cccc(NCC2=CCNCC2)c1[N+](=O)[O-]. The van der Waals surface area contributed by atoms with Gasteiger partial charge < -0.3 is 10.6 Å². The van der Waals surface area contributed by atoms with Crippen molar-refractivity contribution < 1.29 is 13.3 Å². The third kappa shape index (κ3) is 3.79. The third-order valence-corrected chi connectivity index (χ3v) is 4.37. The lowest BCUT2D eigenvalue weighted by atomic mass is 10.1. The van der Waals surface area contributed by atoms with E-state index in [4.69, 9.17) is 0 Å². The van der Waals surface area contributed by atoms with Crippen LogP contribution in [0.2, 0.25) is 0 Å². The van der Waals surface area contributed by atoms with Gasteiger partial charge >= 0.3 is 5.69 Å². The van der Waals surface area contributed by atoms with E-state index in [2.05, 4.69) is 10.6 Å². The maximum Gasteiger partial charge on any atom is 0.310 e. The zero-order valence-electron chi connectivity index (χ0n) is 11.6. The van der Waals surface area contributed by atoms with Gasteiger partial charge in [0.25, 0.3) is 0 Å². The zero-order valence-corrected chi connectivity index (χ0v) is 12.4. The molecule has 0 aliphatic carbocycles. The number of sulfone groups is 1. The van der Waals surface area contributed by atoms with Crippen LogP contribution in [0, 0.1) is 10.1 Å². The molecule has 0 saturated heterocycles. The molecule has 1 aliphatic rings. The number of hydrogen-bond acceptors (Lipinski definition) is 6. The lowest BCUT2D eigenvalue weighted by Gasteiger charge is -2.15. The van der Waals surface area contributed by atoms with Crippen molar-refractivity contribution in [3.63, 3.8) is 0 Å². The van der Waals surface area contributed by atoms with Gasteiger partial charge in [0.2, 0.25) is 0 Å². The first-order chi connectivity index (χ1) is 9.89. The van der Waals surface area contributed by atoms with Crippen molar-refractivity contribution >= 4 is 21.2 Å². The molecule has 7 nitrogen and oxygen atoms in total. The van der Waals surface area contributed by atoms with E-state index >= 15 is 0 Å². The average molecular weight is 311 g/mol. The summed E-state index contributed by atoms with van der Waals surface area (Å²) in [6.07, 6.45) is 3.86. The summed E-state index contributed by atoms with van der Waals surface area (Å²) in [6.45, 7) is 2.12. The summed E-state index contributed by atoms with van der Waals surface area (Å²) in [7, 11) is -3.65. The Balaban J connectivity index is 2.31. The molecule has 0 amide bonds. The van der Waals surface area contributed by atoms with E-state index in [0.29, 0.717) is 6.54 Å². The largest absolute Gasteiger partial charge is 0.376 e.